The van der Waals surface area contributed by atoms with Crippen LogP contribution in [0, 0.1) is 6.92 Å². The standard InChI is InChI=1S/C36H36ClNO2.CH4O.CH4/c1-4-36(40)32(17-16-29-21-25(18-19-39)23-38(29)3)33-22-34(35(37)20-24(33)2)28-14-12-27(13-15-28)31-11-6-5-10-30(31)26-8-7-9-26;1-2;/h5-6,10-15,17,19-23,26H,4,7-9,16,18H2,1-3H3;2H,1H3;1H4/b32-17-;;. The highest BCUT2D eigenvalue weighted by Crippen LogP contribution is 2.42. The van der Waals surface area contributed by atoms with Crippen LogP contribution in [0.2, 0.25) is 5.02 Å². The summed E-state index contributed by atoms with van der Waals surface area (Å²) in [7, 11) is 2.97. The van der Waals surface area contributed by atoms with Crippen LogP contribution in [-0.4, -0.2) is 28.9 Å². The number of rotatable bonds is 10. The lowest BCUT2D eigenvalue weighted by atomic mass is 9.77. The fourth-order valence-corrected chi connectivity index (χ4v) is 6.04. The number of benzene rings is 3. The summed E-state index contributed by atoms with van der Waals surface area (Å²) < 4.78 is 2.02. The first-order chi connectivity index (χ1) is 20.4. The topological polar surface area (TPSA) is 59.3 Å². The van der Waals surface area contributed by atoms with Crippen LogP contribution in [0.15, 0.2) is 79.0 Å². The maximum Gasteiger partial charge on any atom is 0.162 e. The number of carbonyl (C=O) groups is 2. The number of carbonyl (C=O) groups excluding carboxylic acids is 2. The van der Waals surface area contributed by atoms with Gasteiger partial charge in [-0.05, 0) is 82.8 Å². The van der Waals surface area contributed by atoms with Gasteiger partial charge in [0, 0.05) is 61.5 Å². The second-order valence-corrected chi connectivity index (χ2v) is 11.3. The Labute approximate surface area is 262 Å². The van der Waals surface area contributed by atoms with Crippen LogP contribution >= 0.6 is 11.6 Å². The van der Waals surface area contributed by atoms with Gasteiger partial charge < -0.3 is 14.5 Å². The number of nitrogens with zero attached hydrogens (tertiary/aromatic N) is 1. The van der Waals surface area contributed by atoms with Gasteiger partial charge in [-0.3, -0.25) is 4.79 Å². The number of ketones is 1. The molecule has 0 unspecified atom stereocenters. The predicted octanol–water partition coefficient (Wildman–Crippen LogP) is 9.18. The molecule has 0 spiro atoms. The van der Waals surface area contributed by atoms with Gasteiger partial charge in [0.2, 0.25) is 0 Å². The zero-order valence-corrected chi connectivity index (χ0v) is 25.7. The van der Waals surface area contributed by atoms with E-state index in [0.29, 0.717) is 35.8 Å². The number of aldehydes is 1. The third-order valence-corrected chi connectivity index (χ3v) is 8.55. The van der Waals surface area contributed by atoms with E-state index < -0.39 is 0 Å². The number of aliphatic hydroxyl groups is 1. The molecule has 5 rings (SSSR count). The molecule has 1 aromatic heterocycles. The summed E-state index contributed by atoms with van der Waals surface area (Å²) >= 11 is 6.79. The van der Waals surface area contributed by atoms with E-state index in [9.17, 15) is 9.59 Å². The van der Waals surface area contributed by atoms with E-state index >= 15 is 0 Å². The molecule has 0 bridgehead atoms. The van der Waals surface area contributed by atoms with E-state index in [-0.39, 0.29) is 13.2 Å². The van der Waals surface area contributed by atoms with E-state index in [4.69, 9.17) is 16.7 Å². The van der Waals surface area contributed by atoms with Crippen molar-refractivity contribution in [2.75, 3.05) is 7.11 Å². The first kappa shape index (κ1) is 33.8. The predicted molar refractivity (Wildman–Crippen MR) is 181 cm³/mol. The highest BCUT2D eigenvalue weighted by molar-refractivity contribution is 6.33. The molecule has 1 aliphatic rings. The van der Waals surface area contributed by atoms with Crippen molar-refractivity contribution in [1.82, 2.24) is 4.57 Å². The number of Topliss-reactive ketones (excluding diaryl/α,β-unsaturated/α-hetero) is 1. The molecule has 1 fully saturated rings. The molecule has 0 atom stereocenters. The molecule has 1 aliphatic carbocycles. The highest BCUT2D eigenvalue weighted by Gasteiger charge is 2.22. The molecule has 0 radical (unpaired) electrons. The monoisotopic (exact) mass is 597 g/mol. The fourth-order valence-electron chi connectivity index (χ4n) is 5.72. The molecule has 1 saturated carbocycles. The first-order valence-corrected chi connectivity index (χ1v) is 15.0. The van der Waals surface area contributed by atoms with Crippen molar-refractivity contribution in [2.24, 2.45) is 7.05 Å². The van der Waals surface area contributed by atoms with E-state index in [0.717, 1.165) is 46.9 Å². The van der Waals surface area contributed by atoms with Crippen molar-refractivity contribution in [3.8, 4) is 22.3 Å². The van der Waals surface area contributed by atoms with Gasteiger partial charge in [0.25, 0.3) is 0 Å². The third-order valence-electron chi connectivity index (χ3n) is 8.24. The summed E-state index contributed by atoms with van der Waals surface area (Å²) in [5.41, 5.74) is 10.6. The minimum Gasteiger partial charge on any atom is -0.400 e. The zero-order chi connectivity index (χ0) is 30.2. The molecular weight excluding hydrogens is 554 g/mol. The van der Waals surface area contributed by atoms with Gasteiger partial charge in [0.15, 0.2) is 5.78 Å². The molecule has 4 nitrogen and oxygen atoms in total. The van der Waals surface area contributed by atoms with E-state index in [1.54, 1.807) is 0 Å². The molecule has 4 aromatic rings. The van der Waals surface area contributed by atoms with Crippen LogP contribution in [0.1, 0.15) is 73.9 Å². The van der Waals surface area contributed by atoms with Crippen molar-refractivity contribution in [3.63, 3.8) is 0 Å². The second kappa shape index (κ2) is 15.7. The van der Waals surface area contributed by atoms with Gasteiger partial charge in [0.05, 0.1) is 0 Å². The Morgan fingerprint density at radius 3 is 2.23 bits per heavy atom. The lowest BCUT2D eigenvalue weighted by Crippen LogP contribution is -2.09. The quantitative estimate of drug-likeness (QED) is 0.146. The number of aromatic nitrogens is 1. The SMILES string of the molecule is C.CCC(=O)/C(=C\Cc1cc(CC=O)cn1C)c1cc(-c2ccc(-c3ccccc3C3CCC3)cc2)c(Cl)cc1C.CO. The largest absolute Gasteiger partial charge is 0.400 e. The Balaban J connectivity index is 0.00000165. The Kier molecular flexibility index (Phi) is 12.3. The number of allylic oxidation sites excluding steroid dienone is 2. The fraction of sp³-hybridized carbons (Fsp3) is 0.316. The maximum absolute atomic E-state index is 13.2. The van der Waals surface area contributed by atoms with Crippen LogP contribution < -0.4 is 0 Å². The minimum absolute atomic E-state index is 0. The van der Waals surface area contributed by atoms with Crippen molar-refractivity contribution in [2.45, 2.75) is 65.7 Å². The molecule has 0 amide bonds. The Bertz CT molecular complexity index is 1580. The summed E-state index contributed by atoms with van der Waals surface area (Å²) in [5.74, 6) is 0.764. The second-order valence-electron chi connectivity index (χ2n) is 10.9. The summed E-state index contributed by atoms with van der Waals surface area (Å²) in [6, 6.07) is 23.5. The summed E-state index contributed by atoms with van der Waals surface area (Å²) in [5, 5.41) is 7.67. The van der Waals surface area contributed by atoms with Gasteiger partial charge in [-0.2, -0.15) is 0 Å². The van der Waals surface area contributed by atoms with Crippen LogP contribution in [0.3, 0.4) is 0 Å². The number of aryl methyl sites for hydroxylation is 2. The molecule has 5 heteroatoms. The zero-order valence-electron chi connectivity index (χ0n) is 25.0. The van der Waals surface area contributed by atoms with Crippen molar-refractivity contribution in [3.05, 3.63) is 112 Å². The molecule has 1 heterocycles. The van der Waals surface area contributed by atoms with Crippen LogP contribution in [0.5, 0.6) is 0 Å². The number of halogens is 1. The van der Waals surface area contributed by atoms with Crippen LogP contribution in [0.4, 0.5) is 0 Å². The van der Waals surface area contributed by atoms with Gasteiger partial charge in [-0.25, -0.2) is 0 Å². The molecule has 0 saturated heterocycles. The molecule has 1 N–H and O–H groups in total. The van der Waals surface area contributed by atoms with Crippen molar-refractivity contribution >= 4 is 29.2 Å². The lowest BCUT2D eigenvalue weighted by molar-refractivity contribution is -0.113. The van der Waals surface area contributed by atoms with Gasteiger partial charge >= 0.3 is 0 Å². The minimum atomic E-state index is 0. The van der Waals surface area contributed by atoms with Gasteiger partial charge in [-0.1, -0.05) is 87.0 Å². The average molecular weight is 598 g/mol. The Morgan fingerprint density at radius 1 is 0.977 bits per heavy atom. The maximum atomic E-state index is 13.2. The van der Waals surface area contributed by atoms with Gasteiger partial charge in [-0.15, -0.1) is 0 Å². The summed E-state index contributed by atoms with van der Waals surface area (Å²) in [6.07, 6.45) is 10.2. The first-order valence-electron chi connectivity index (χ1n) is 14.7. The molecular formula is C38H44ClNO3. The van der Waals surface area contributed by atoms with E-state index in [1.807, 2.05) is 49.9 Å². The number of aliphatic hydroxyl groups excluding tert-OH is 1. The third kappa shape index (κ3) is 7.62. The molecule has 3 aromatic carbocycles. The van der Waals surface area contributed by atoms with Crippen molar-refractivity contribution < 1.29 is 14.7 Å². The van der Waals surface area contributed by atoms with Gasteiger partial charge in [0.1, 0.15) is 6.29 Å². The Hall–Kier alpha value is -3.73. The Morgan fingerprint density at radius 2 is 1.63 bits per heavy atom. The number of hydrogen-bond donors (Lipinski definition) is 1. The highest BCUT2D eigenvalue weighted by atomic mass is 35.5. The number of hydrogen-bond acceptors (Lipinski definition) is 3. The smallest absolute Gasteiger partial charge is 0.162 e. The molecule has 226 valence electrons. The molecule has 43 heavy (non-hydrogen) atoms. The average Bonchev–Trinajstić information content (AvgIpc) is 3.33. The summed E-state index contributed by atoms with van der Waals surface area (Å²) in [4.78, 5) is 24.1. The van der Waals surface area contributed by atoms with E-state index in [1.165, 1.54) is 36.0 Å². The lowest BCUT2D eigenvalue weighted by Gasteiger charge is -2.28. The summed E-state index contributed by atoms with van der Waals surface area (Å²) in [6.45, 7) is 3.90. The van der Waals surface area contributed by atoms with E-state index in [2.05, 4.69) is 54.6 Å². The van der Waals surface area contributed by atoms with Crippen LogP contribution in [-0.2, 0) is 29.5 Å². The van der Waals surface area contributed by atoms with Crippen LogP contribution in [0.25, 0.3) is 27.8 Å². The molecule has 0 aliphatic heterocycles. The van der Waals surface area contributed by atoms with Crippen molar-refractivity contribution in [1.29, 1.82) is 0 Å². The normalized spacial score (nSPS) is 12.9.